The van der Waals surface area contributed by atoms with Gasteiger partial charge < -0.3 is 14.6 Å². The third-order valence-electron chi connectivity index (χ3n) is 4.10. The van der Waals surface area contributed by atoms with Crippen molar-refractivity contribution in [2.75, 3.05) is 6.54 Å². The van der Waals surface area contributed by atoms with Crippen molar-refractivity contribution in [2.24, 2.45) is 0 Å². The Hall–Kier alpha value is -2.63. The third-order valence-corrected chi connectivity index (χ3v) is 4.10. The van der Waals surface area contributed by atoms with Crippen LogP contribution in [0.2, 0.25) is 0 Å². The van der Waals surface area contributed by atoms with E-state index in [4.69, 9.17) is 0 Å². The van der Waals surface area contributed by atoms with Gasteiger partial charge in [0.25, 0.3) is 5.91 Å². The van der Waals surface area contributed by atoms with Crippen LogP contribution in [0.1, 0.15) is 35.7 Å². The minimum Gasteiger partial charge on any atom is -0.501 e. The number of hydrogen-bond acceptors (Lipinski definition) is 4. The van der Waals surface area contributed by atoms with E-state index >= 15 is 0 Å². The summed E-state index contributed by atoms with van der Waals surface area (Å²) in [7, 11) is 0. The van der Waals surface area contributed by atoms with Crippen LogP contribution in [0.15, 0.2) is 35.1 Å². The molecule has 1 aliphatic rings. The fraction of sp³-hybridized carbons (Fsp3) is 0.353. The molecule has 0 atom stereocenters. The van der Waals surface area contributed by atoms with Crippen molar-refractivity contribution >= 4 is 5.91 Å². The van der Waals surface area contributed by atoms with Crippen molar-refractivity contribution in [3.05, 3.63) is 57.8 Å². The highest BCUT2D eigenvalue weighted by molar-refractivity contribution is 5.95. The Morgan fingerprint density at radius 1 is 1.17 bits per heavy atom. The van der Waals surface area contributed by atoms with Gasteiger partial charge in [0, 0.05) is 25.6 Å². The molecule has 1 N–H and O–H groups in total. The number of hydrogen-bond donors (Lipinski definition) is 1. The quantitative estimate of drug-likeness (QED) is 0.929. The predicted octanol–water partition coefficient (Wildman–Crippen LogP) is 1.40. The van der Waals surface area contributed by atoms with Gasteiger partial charge in [-0.25, -0.2) is 0 Å². The Morgan fingerprint density at radius 3 is 2.52 bits per heavy atom. The van der Waals surface area contributed by atoms with Gasteiger partial charge in [0.05, 0.1) is 0 Å². The summed E-state index contributed by atoms with van der Waals surface area (Å²) in [5, 5.41) is 10.1. The first-order valence-electron chi connectivity index (χ1n) is 7.66. The maximum absolute atomic E-state index is 12.6. The Morgan fingerprint density at radius 2 is 1.87 bits per heavy atom. The van der Waals surface area contributed by atoms with Gasteiger partial charge in [-0.1, -0.05) is 30.3 Å². The van der Waals surface area contributed by atoms with E-state index in [1.54, 1.807) is 9.47 Å². The highest BCUT2D eigenvalue weighted by Crippen LogP contribution is 2.22. The fourth-order valence-electron chi connectivity index (χ4n) is 2.90. The monoisotopic (exact) mass is 313 g/mol. The normalized spacial score (nSPS) is 14.2. The molecule has 0 aliphatic carbocycles. The van der Waals surface area contributed by atoms with Gasteiger partial charge >= 0.3 is 5.56 Å². The molecule has 1 amide bonds. The third kappa shape index (κ3) is 2.72. The first-order valence-corrected chi connectivity index (χ1v) is 7.66. The average Bonchev–Trinajstić information content (AvgIpc) is 2.53. The van der Waals surface area contributed by atoms with Crippen molar-refractivity contribution in [2.45, 2.75) is 32.9 Å². The number of carbonyl (C=O) groups is 1. The highest BCUT2D eigenvalue weighted by atomic mass is 16.3. The topological polar surface area (TPSA) is 75.4 Å². The van der Waals surface area contributed by atoms with Crippen molar-refractivity contribution in [1.82, 2.24) is 14.5 Å². The van der Waals surface area contributed by atoms with Crippen molar-refractivity contribution in [3.8, 4) is 5.75 Å². The molecule has 0 saturated heterocycles. The van der Waals surface area contributed by atoms with Crippen LogP contribution >= 0.6 is 0 Å². The van der Waals surface area contributed by atoms with Gasteiger partial charge in [0.15, 0.2) is 5.69 Å². The van der Waals surface area contributed by atoms with Gasteiger partial charge in [-0.2, -0.15) is 4.98 Å². The summed E-state index contributed by atoms with van der Waals surface area (Å²) in [6.07, 6.45) is 0.443. The van der Waals surface area contributed by atoms with Crippen LogP contribution in [-0.2, 0) is 13.0 Å². The standard InChI is InChI=1S/C17H19N3O3/c1-11(2)19-8-9-20-13(10-12-6-4-3-5-7-12)18-16(22)15(21)14(20)17(19)23/h3-7,11,21H,8-10H2,1-2H3. The molecule has 1 aliphatic heterocycles. The average molecular weight is 313 g/mol. The van der Waals surface area contributed by atoms with Crippen LogP contribution < -0.4 is 5.56 Å². The molecule has 23 heavy (non-hydrogen) atoms. The molecule has 3 rings (SSSR count). The molecule has 1 aromatic heterocycles. The highest BCUT2D eigenvalue weighted by Gasteiger charge is 2.31. The van der Waals surface area contributed by atoms with Crippen LogP contribution in [0.3, 0.4) is 0 Å². The lowest BCUT2D eigenvalue weighted by molar-refractivity contribution is 0.0638. The Labute approximate surface area is 134 Å². The molecule has 0 unspecified atom stereocenters. The van der Waals surface area contributed by atoms with E-state index in [9.17, 15) is 14.7 Å². The second-order valence-electron chi connectivity index (χ2n) is 5.94. The number of carbonyl (C=O) groups excluding carboxylic acids is 1. The lowest BCUT2D eigenvalue weighted by Crippen LogP contribution is -2.46. The van der Waals surface area contributed by atoms with Gasteiger partial charge in [0.2, 0.25) is 5.75 Å². The fourth-order valence-corrected chi connectivity index (χ4v) is 2.90. The van der Waals surface area contributed by atoms with Crippen LogP contribution in [-0.4, -0.2) is 38.1 Å². The van der Waals surface area contributed by atoms with Gasteiger partial charge in [-0.15, -0.1) is 0 Å². The number of rotatable bonds is 3. The molecule has 120 valence electrons. The van der Waals surface area contributed by atoms with E-state index in [2.05, 4.69) is 4.98 Å². The van der Waals surface area contributed by atoms with Crippen molar-refractivity contribution in [1.29, 1.82) is 0 Å². The van der Waals surface area contributed by atoms with Gasteiger partial charge in [-0.05, 0) is 19.4 Å². The molecule has 0 spiro atoms. The molecule has 0 saturated carbocycles. The summed E-state index contributed by atoms with van der Waals surface area (Å²) >= 11 is 0. The number of aromatic nitrogens is 2. The summed E-state index contributed by atoms with van der Waals surface area (Å²) in [5.41, 5.74) is 0.301. The maximum Gasteiger partial charge on any atom is 0.315 e. The van der Waals surface area contributed by atoms with Crippen molar-refractivity contribution < 1.29 is 9.90 Å². The molecule has 1 aromatic carbocycles. The zero-order valence-corrected chi connectivity index (χ0v) is 13.2. The lowest BCUT2D eigenvalue weighted by atomic mass is 10.1. The zero-order chi connectivity index (χ0) is 16.6. The Kier molecular flexibility index (Phi) is 3.90. The molecule has 0 radical (unpaired) electrons. The van der Waals surface area contributed by atoms with E-state index < -0.39 is 11.3 Å². The van der Waals surface area contributed by atoms with Crippen LogP contribution in [0.5, 0.6) is 5.75 Å². The van der Waals surface area contributed by atoms with Gasteiger partial charge in [-0.3, -0.25) is 9.59 Å². The SMILES string of the molecule is CC(C)N1CCn2c(Cc3ccccc3)nc(=O)c(O)c2C1=O. The molecule has 6 heteroatoms. The van der Waals surface area contributed by atoms with Crippen LogP contribution in [0, 0.1) is 0 Å². The van der Waals surface area contributed by atoms with Crippen LogP contribution in [0.4, 0.5) is 0 Å². The van der Waals surface area contributed by atoms with E-state index in [0.29, 0.717) is 25.3 Å². The van der Waals surface area contributed by atoms with E-state index in [-0.39, 0.29) is 17.6 Å². The van der Waals surface area contributed by atoms with Gasteiger partial charge in [0.1, 0.15) is 5.82 Å². The summed E-state index contributed by atoms with van der Waals surface area (Å²) in [4.78, 5) is 30.2. The number of nitrogens with zero attached hydrogens (tertiary/aromatic N) is 3. The van der Waals surface area contributed by atoms with E-state index in [1.807, 2.05) is 44.2 Å². The molecule has 0 fully saturated rings. The zero-order valence-electron chi connectivity index (χ0n) is 13.2. The molecule has 0 bridgehead atoms. The predicted molar refractivity (Wildman–Crippen MR) is 85.6 cm³/mol. The Balaban J connectivity index is 2.09. The molecule has 2 heterocycles. The first-order chi connectivity index (χ1) is 11.0. The number of aromatic hydroxyl groups is 1. The second-order valence-corrected chi connectivity index (χ2v) is 5.94. The molecular weight excluding hydrogens is 294 g/mol. The lowest BCUT2D eigenvalue weighted by Gasteiger charge is -2.33. The first kappa shape index (κ1) is 15.3. The van der Waals surface area contributed by atoms with E-state index in [1.165, 1.54) is 0 Å². The second kappa shape index (κ2) is 5.87. The molecule has 2 aromatic rings. The smallest absolute Gasteiger partial charge is 0.315 e. The minimum absolute atomic E-state index is 0.0106. The Bertz CT molecular complexity index is 797. The molecule has 6 nitrogen and oxygen atoms in total. The molecular formula is C17H19N3O3. The summed E-state index contributed by atoms with van der Waals surface area (Å²) in [6, 6.07) is 9.64. The van der Waals surface area contributed by atoms with E-state index in [0.717, 1.165) is 5.56 Å². The summed E-state index contributed by atoms with van der Waals surface area (Å²) < 4.78 is 1.67. The number of amides is 1. The largest absolute Gasteiger partial charge is 0.501 e. The summed E-state index contributed by atoms with van der Waals surface area (Å²) in [6.45, 7) is 4.88. The maximum atomic E-state index is 12.6. The summed E-state index contributed by atoms with van der Waals surface area (Å²) in [5.74, 6) is -0.375. The number of benzene rings is 1. The minimum atomic E-state index is -0.749. The number of fused-ring (bicyclic) bond motifs is 1. The van der Waals surface area contributed by atoms with Crippen molar-refractivity contribution in [3.63, 3.8) is 0 Å². The van der Waals surface area contributed by atoms with Crippen LogP contribution in [0.25, 0.3) is 0 Å².